The van der Waals surface area contributed by atoms with Crippen LogP contribution < -0.4 is 0 Å². The molecule has 0 amide bonds. The van der Waals surface area contributed by atoms with Crippen LogP contribution in [0.4, 0.5) is 0 Å². The molecule has 0 fully saturated rings. The number of hydrogen-bond acceptors (Lipinski definition) is 4. The molecule has 1 aliphatic rings. The Balaban J connectivity index is 2.78. The second-order valence-corrected chi connectivity index (χ2v) is 3.36. The Morgan fingerprint density at radius 1 is 1.67 bits per heavy atom. The zero-order valence-electron chi connectivity index (χ0n) is 9.28. The molecule has 1 unspecified atom stereocenters. The predicted octanol–water partition coefficient (Wildman–Crippen LogP) is 1.42. The summed E-state index contributed by atoms with van der Waals surface area (Å²) >= 11 is 0. The van der Waals surface area contributed by atoms with Crippen molar-refractivity contribution in [3.8, 4) is 0 Å². The average Bonchev–Trinajstić information content (AvgIpc) is 2.24. The molecule has 0 saturated carbocycles. The van der Waals surface area contributed by atoms with Crippen LogP contribution in [0, 0.1) is 0 Å². The van der Waals surface area contributed by atoms with Crippen molar-refractivity contribution in [3.63, 3.8) is 0 Å². The van der Waals surface area contributed by atoms with Crippen LogP contribution >= 0.6 is 0 Å². The van der Waals surface area contributed by atoms with Crippen molar-refractivity contribution in [2.75, 3.05) is 20.8 Å². The van der Waals surface area contributed by atoms with Crippen LogP contribution in [0.2, 0.25) is 0 Å². The van der Waals surface area contributed by atoms with E-state index in [4.69, 9.17) is 9.47 Å². The Labute approximate surface area is 89.5 Å². The molecule has 0 spiro atoms. The van der Waals surface area contributed by atoms with E-state index in [0.717, 1.165) is 0 Å². The van der Waals surface area contributed by atoms with Gasteiger partial charge in [-0.2, -0.15) is 0 Å². The summed E-state index contributed by atoms with van der Waals surface area (Å²) in [5.41, 5.74) is 0.638. The summed E-state index contributed by atoms with van der Waals surface area (Å²) in [4.78, 5) is 11.3. The number of ether oxygens (including phenoxy) is 3. The van der Waals surface area contributed by atoms with Crippen LogP contribution in [0.15, 0.2) is 23.5 Å². The van der Waals surface area contributed by atoms with Crippen molar-refractivity contribution in [1.29, 1.82) is 0 Å². The molecule has 4 nitrogen and oxygen atoms in total. The lowest BCUT2D eigenvalue weighted by Crippen LogP contribution is -2.19. The highest BCUT2D eigenvalue weighted by molar-refractivity contribution is 5.89. The summed E-state index contributed by atoms with van der Waals surface area (Å²) in [6, 6.07) is 0. The van der Waals surface area contributed by atoms with E-state index in [2.05, 4.69) is 4.74 Å². The van der Waals surface area contributed by atoms with E-state index in [1.54, 1.807) is 19.3 Å². The van der Waals surface area contributed by atoms with Crippen molar-refractivity contribution in [3.05, 3.63) is 23.5 Å². The van der Waals surface area contributed by atoms with Crippen LogP contribution in [0.25, 0.3) is 0 Å². The number of methoxy groups -OCH3 is 2. The van der Waals surface area contributed by atoms with Gasteiger partial charge in [-0.25, -0.2) is 4.79 Å². The molecule has 0 aromatic rings. The van der Waals surface area contributed by atoms with E-state index in [-0.39, 0.29) is 12.1 Å². The lowest BCUT2D eigenvalue weighted by Gasteiger charge is -2.21. The normalized spacial score (nSPS) is 23.3. The largest absolute Gasteiger partial charge is 0.491 e. The van der Waals surface area contributed by atoms with Crippen LogP contribution in [-0.2, 0) is 19.0 Å². The first kappa shape index (κ1) is 11.8. The smallest absolute Gasteiger partial charge is 0.333 e. The van der Waals surface area contributed by atoms with Gasteiger partial charge in [0.1, 0.15) is 11.9 Å². The second kappa shape index (κ2) is 5.56. The minimum Gasteiger partial charge on any atom is -0.491 e. The summed E-state index contributed by atoms with van der Waals surface area (Å²) in [6.07, 6.45) is 4.06. The van der Waals surface area contributed by atoms with E-state index >= 15 is 0 Å². The fourth-order valence-electron chi connectivity index (χ4n) is 1.39. The Hall–Kier alpha value is -1.29. The molecule has 0 aromatic carbocycles. The zero-order chi connectivity index (χ0) is 11.3. The predicted molar refractivity (Wildman–Crippen MR) is 55.2 cm³/mol. The van der Waals surface area contributed by atoms with Gasteiger partial charge >= 0.3 is 5.97 Å². The molecule has 84 valence electrons. The highest BCUT2D eigenvalue weighted by Gasteiger charge is 2.20. The molecule has 0 saturated heterocycles. The quantitative estimate of drug-likeness (QED) is 0.664. The Morgan fingerprint density at radius 2 is 2.40 bits per heavy atom. The van der Waals surface area contributed by atoms with E-state index in [9.17, 15) is 4.79 Å². The van der Waals surface area contributed by atoms with Crippen molar-refractivity contribution in [2.24, 2.45) is 0 Å². The van der Waals surface area contributed by atoms with Crippen molar-refractivity contribution >= 4 is 5.97 Å². The summed E-state index contributed by atoms with van der Waals surface area (Å²) in [6.45, 7) is 2.38. The monoisotopic (exact) mass is 212 g/mol. The number of hydrogen-bond donors (Lipinski definition) is 0. The first-order valence-corrected chi connectivity index (χ1v) is 4.82. The molecule has 15 heavy (non-hydrogen) atoms. The van der Waals surface area contributed by atoms with Gasteiger partial charge in [0.25, 0.3) is 0 Å². The fraction of sp³-hybridized carbons (Fsp3) is 0.545. The molecule has 1 rings (SSSR count). The first-order chi connectivity index (χ1) is 7.17. The highest BCUT2D eigenvalue weighted by atomic mass is 16.5. The maximum Gasteiger partial charge on any atom is 0.333 e. The molecule has 1 heterocycles. The standard InChI is InChI=1S/C11H16O4/c1-8-6-9(11(12)14-3)7-10(15-8)4-5-13-2/h4,7-8H,5-6H2,1-3H3. The van der Waals surface area contributed by atoms with Gasteiger partial charge in [-0.15, -0.1) is 0 Å². The summed E-state index contributed by atoms with van der Waals surface area (Å²) in [5.74, 6) is 0.365. The number of carbonyl (C=O) groups is 1. The van der Waals surface area contributed by atoms with Crippen molar-refractivity contribution in [1.82, 2.24) is 0 Å². The van der Waals surface area contributed by atoms with Gasteiger partial charge in [0.15, 0.2) is 0 Å². The average molecular weight is 212 g/mol. The van der Waals surface area contributed by atoms with Gasteiger partial charge in [-0.3, -0.25) is 0 Å². The molecule has 0 N–H and O–H groups in total. The molecule has 1 aliphatic heterocycles. The highest BCUT2D eigenvalue weighted by Crippen LogP contribution is 2.21. The van der Waals surface area contributed by atoms with Crippen LogP contribution in [-0.4, -0.2) is 32.9 Å². The van der Waals surface area contributed by atoms with E-state index in [1.807, 2.05) is 6.92 Å². The summed E-state index contributed by atoms with van der Waals surface area (Å²) in [5, 5.41) is 0. The summed E-state index contributed by atoms with van der Waals surface area (Å²) in [7, 11) is 2.98. The third kappa shape index (κ3) is 3.40. The van der Waals surface area contributed by atoms with Crippen LogP contribution in [0.5, 0.6) is 0 Å². The maximum absolute atomic E-state index is 11.3. The minimum absolute atomic E-state index is 0.00722. The van der Waals surface area contributed by atoms with E-state index in [0.29, 0.717) is 24.4 Å². The molecule has 0 radical (unpaired) electrons. The second-order valence-electron chi connectivity index (χ2n) is 3.36. The molecule has 0 aromatic heterocycles. The van der Waals surface area contributed by atoms with E-state index < -0.39 is 0 Å². The topological polar surface area (TPSA) is 44.8 Å². The number of carbonyl (C=O) groups excluding carboxylic acids is 1. The van der Waals surface area contributed by atoms with Crippen molar-refractivity contribution in [2.45, 2.75) is 19.4 Å². The molecule has 0 aliphatic carbocycles. The van der Waals surface area contributed by atoms with Gasteiger partial charge in [-0.1, -0.05) is 0 Å². The lowest BCUT2D eigenvalue weighted by atomic mass is 10.1. The maximum atomic E-state index is 11.3. The molecular weight excluding hydrogens is 196 g/mol. The minimum atomic E-state index is -0.298. The van der Waals surface area contributed by atoms with Gasteiger partial charge in [0.2, 0.25) is 0 Å². The van der Waals surface area contributed by atoms with Gasteiger partial charge in [-0.05, 0) is 19.1 Å². The molecule has 0 bridgehead atoms. The van der Waals surface area contributed by atoms with Gasteiger partial charge in [0.05, 0.1) is 13.7 Å². The molecule has 4 heteroatoms. The van der Waals surface area contributed by atoms with Gasteiger partial charge < -0.3 is 14.2 Å². The van der Waals surface area contributed by atoms with Gasteiger partial charge in [0, 0.05) is 19.1 Å². The van der Waals surface area contributed by atoms with Crippen molar-refractivity contribution < 1.29 is 19.0 Å². The Kier molecular flexibility index (Phi) is 4.37. The summed E-state index contributed by atoms with van der Waals surface area (Å²) < 4.78 is 15.1. The van der Waals surface area contributed by atoms with Crippen LogP contribution in [0.1, 0.15) is 13.3 Å². The molecular formula is C11H16O4. The third-order valence-electron chi connectivity index (χ3n) is 2.06. The lowest BCUT2D eigenvalue weighted by molar-refractivity contribution is -0.136. The number of esters is 1. The third-order valence-corrected chi connectivity index (χ3v) is 2.06. The zero-order valence-corrected chi connectivity index (χ0v) is 9.28. The molecule has 1 atom stereocenters. The fourth-order valence-corrected chi connectivity index (χ4v) is 1.39. The number of allylic oxidation sites excluding steroid dienone is 1. The Morgan fingerprint density at radius 3 is 3.00 bits per heavy atom. The van der Waals surface area contributed by atoms with E-state index in [1.165, 1.54) is 7.11 Å². The SMILES string of the molecule is COCC=C1C=C(C(=O)OC)CC(C)O1. The Bertz CT molecular complexity index is 291. The first-order valence-electron chi connectivity index (χ1n) is 4.82. The number of rotatable bonds is 3. The van der Waals surface area contributed by atoms with Crippen LogP contribution in [0.3, 0.4) is 0 Å².